The number of amidine groups is 1. The third-order valence-electron chi connectivity index (χ3n) is 3.95. The fourth-order valence-electron chi connectivity index (χ4n) is 3.06. The van der Waals surface area contributed by atoms with Crippen molar-refractivity contribution in [1.82, 2.24) is 15.5 Å². The van der Waals surface area contributed by atoms with E-state index >= 15 is 0 Å². The molecule has 1 aromatic heterocycles. The first-order valence-corrected chi connectivity index (χ1v) is 7.95. The largest absolute Gasteiger partial charge is 0.359 e. The van der Waals surface area contributed by atoms with Crippen molar-refractivity contribution >= 4 is 16.9 Å². The molecule has 0 bridgehead atoms. The van der Waals surface area contributed by atoms with Gasteiger partial charge in [0.2, 0.25) is 6.39 Å². The molecule has 2 atom stereocenters. The van der Waals surface area contributed by atoms with Crippen LogP contribution in [0.2, 0.25) is 0 Å². The molecule has 1 N–H and O–H groups in total. The first-order chi connectivity index (χ1) is 9.26. The van der Waals surface area contributed by atoms with Crippen LogP contribution in [0.3, 0.4) is 0 Å². The molecule has 1 saturated carbocycles. The summed E-state index contributed by atoms with van der Waals surface area (Å²) in [5, 5.41) is 8.55. The van der Waals surface area contributed by atoms with Crippen molar-refractivity contribution in [2.45, 2.75) is 44.6 Å². The highest BCUT2D eigenvalue weighted by Gasteiger charge is 2.40. The lowest BCUT2D eigenvalue weighted by molar-refractivity contribution is 0.242. The zero-order chi connectivity index (χ0) is 13.1. The highest BCUT2D eigenvalue weighted by Crippen LogP contribution is 2.38. The average Bonchev–Trinajstić information content (AvgIpc) is 3.00. The summed E-state index contributed by atoms with van der Waals surface area (Å²) in [7, 11) is 0. The predicted octanol–water partition coefficient (Wildman–Crippen LogP) is 2.25. The molecule has 0 aromatic carbocycles. The van der Waals surface area contributed by atoms with E-state index in [-0.39, 0.29) is 0 Å². The van der Waals surface area contributed by atoms with Crippen LogP contribution in [0.1, 0.15) is 38.4 Å². The molecule has 1 saturated heterocycles. The minimum atomic E-state index is 0.313. The number of aromatic nitrogens is 2. The predicted molar refractivity (Wildman–Crippen MR) is 76.3 cm³/mol. The van der Waals surface area contributed by atoms with Gasteiger partial charge in [0.05, 0.1) is 0 Å². The fraction of sp³-hybridized carbons (Fsp3) is 0.769. The Morgan fingerprint density at radius 1 is 1.63 bits per heavy atom. The van der Waals surface area contributed by atoms with Crippen LogP contribution in [0.4, 0.5) is 0 Å². The van der Waals surface area contributed by atoms with Crippen molar-refractivity contribution in [2.24, 2.45) is 10.9 Å². The summed E-state index contributed by atoms with van der Waals surface area (Å²) in [4.78, 5) is 8.62. The second-order valence-corrected chi connectivity index (χ2v) is 6.64. The van der Waals surface area contributed by atoms with E-state index in [9.17, 15) is 0 Å². The zero-order valence-corrected chi connectivity index (χ0v) is 12.1. The molecule has 19 heavy (non-hydrogen) atoms. The summed E-state index contributed by atoms with van der Waals surface area (Å²) in [6, 6.07) is 0. The minimum Gasteiger partial charge on any atom is -0.359 e. The van der Waals surface area contributed by atoms with E-state index in [0.29, 0.717) is 5.54 Å². The molecule has 1 aliphatic heterocycles. The minimum absolute atomic E-state index is 0.313. The van der Waals surface area contributed by atoms with Crippen molar-refractivity contribution in [1.29, 1.82) is 0 Å². The Kier molecular flexibility index (Phi) is 3.77. The van der Waals surface area contributed by atoms with Gasteiger partial charge in [-0.25, -0.2) is 0 Å². The standard InChI is InChI=1S/C13H20N4OS/c1-10-3-2-5-13(7-10)8-19-12(16-13)14-6-4-11-15-9-18-17-11/h9-10H,2-8H2,1H3,(H,14,16). The van der Waals surface area contributed by atoms with E-state index in [1.54, 1.807) is 0 Å². The lowest BCUT2D eigenvalue weighted by atomic mass is 9.78. The number of thioether (sulfide) groups is 1. The van der Waals surface area contributed by atoms with Crippen LogP contribution in [0.5, 0.6) is 0 Å². The Hall–Kier alpha value is -1.04. The molecular weight excluding hydrogens is 260 g/mol. The molecule has 0 amide bonds. The van der Waals surface area contributed by atoms with Crippen LogP contribution >= 0.6 is 11.8 Å². The van der Waals surface area contributed by atoms with Gasteiger partial charge in [-0.1, -0.05) is 36.7 Å². The monoisotopic (exact) mass is 280 g/mol. The van der Waals surface area contributed by atoms with E-state index < -0.39 is 0 Å². The Bertz CT molecular complexity index is 448. The van der Waals surface area contributed by atoms with E-state index in [2.05, 4.69) is 27.4 Å². The summed E-state index contributed by atoms with van der Waals surface area (Å²) in [5.41, 5.74) is 0.313. The topological polar surface area (TPSA) is 63.3 Å². The first kappa shape index (κ1) is 13.0. The van der Waals surface area contributed by atoms with Gasteiger partial charge in [-0.05, 0) is 18.8 Å². The second-order valence-electron chi connectivity index (χ2n) is 5.68. The van der Waals surface area contributed by atoms with Crippen LogP contribution in [0.15, 0.2) is 15.9 Å². The molecule has 5 nitrogen and oxygen atoms in total. The van der Waals surface area contributed by atoms with Crippen molar-refractivity contribution in [2.75, 3.05) is 12.3 Å². The van der Waals surface area contributed by atoms with Crippen molar-refractivity contribution in [3.8, 4) is 0 Å². The summed E-state index contributed by atoms with van der Waals surface area (Å²) in [6.45, 7) is 3.08. The molecule has 3 rings (SSSR count). The third kappa shape index (κ3) is 3.11. The molecule has 1 spiro atoms. The SMILES string of the molecule is CC1CCCC2(CSC(=NCCc3ncon3)N2)C1. The molecule has 6 heteroatoms. The van der Waals surface area contributed by atoms with Gasteiger partial charge in [-0.3, -0.25) is 4.99 Å². The van der Waals surface area contributed by atoms with Crippen molar-refractivity contribution < 1.29 is 4.52 Å². The smallest absolute Gasteiger partial charge is 0.213 e. The maximum Gasteiger partial charge on any atom is 0.213 e. The summed E-state index contributed by atoms with van der Waals surface area (Å²) >= 11 is 1.86. The van der Waals surface area contributed by atoms with E-state index in [1.807, 2.05) is 11.8 Å². The van der Waals surface area contributed by atoms with E-state index in [0.717, 1.165) is 29.9 Å². The molecule has 0 radical (unpaired) electrons. The molecule has 2 fully saturated rings. The van der Waals surface area contributed by atoms with Gasteiger partial charge in [-0.15, -0.1) is 0 Å². The van der Waals surface area contributed by atoms with Crippen molar-refractivity contribution in [3.05, 3.63) is 12.2 Å². The Morgan fingerprint density at radius 2 is 2.58 bits per heavy atom. The van der Waals surface area contributed by atoms with Gasteiger partial charge in [0.1, 0.15) is 0 Å². The highest BCUT2D eigenvalue weighted by atomic mass is 32.2. The van der Waals surface area contributed by atoms with Gasteiger partial charge in [-0.2, -0.15) is 4.98 Å². The highest BCUT2D eigenvalue weighted by molar-refractivity contribution is 8.14. The van der Waals surface area contributed by atoms with Crippen LogP contribution in [-0.4, -0.2) is 33.1 Å². The van der Waals surface area contributed by atoms with Crippen molar-refractivity contribution in [3.63, 3.8) is 0 Å². The average molecular weight is 280 g/mol. The maximum atomic E-state index is 4.71. The van der Waals surface area contributed by atoms with Crippen LogP contribution in [-0.2, 0) is 6.42 Å². The number of hydrogen-bond acceptors (Lipinski definition) is 5. The zero-order valence-electron chi connectivity index (χ0n) is 11.3. The Labute approximate surface area is 117 Å². The molecular formula is C13H20N4OS. The quantitative estimate of drug-likeness (QED) is 0.920. The molecule has 1 aromatic rings. The number of nitrogens with one attached hydrogen (secondary N) is 1. The van der Waals surface area contributed by atoms with Gasteiger partial charge in [0.15, 0.2) is 11.0 Å². The summed E-state index contributed by atoms with van der Waals surface area (Å²) in [5.74, 6) is 2.73. The van der Waals surface area contributed by atoms with E-state index in [4.69, 9.17) is 4.52 Å². The number of aliphatic imine (C=N–C) groups is 1. The Morgan fingerprint density at radius 3 is 3.37 bits per heavy atom. The Balaban J connectivity index is 1.53. The van der Waals surface area contributed by atoms with Gasteiger partial charge >= 0.3 is 0 Å². The molecule has 104 valence electrons. The van der Waals surface area contributed by atoms with E-state index in [1.165, 1.54) is 37.8 Å². The number of nitrogens with zero attached hydrogens (tertiary/aromatic N) is 3. The maximum absolute atomic E-state index is 4.71. The third-order valence-corrected chi connectivity index (χ3v) is 5.15. The fourth-order valence-corrected chi connectivity index (χ4v) is 4.27. The molecule has 1 aliphatic carbocycles. The second kappa shape index (κ2) is 5.53. The normalized spacial score (nSPS) is 32.9. The number of hydrogen-bond donors (Lipinski definition) is 1. The van der Waals surface area contributed by atoms with Gasteiger partial charge in [0.25, 0.3) is 0 Å². The summed E-state index contributed by atoms with van der Waals surface area (Å²) < 4.78 is 4.71. The lowest BCUT2D eigenvalue weighted by Gasteiger charge is -2.36. The molecule has 2 heterocycles. The van der Waals surface area contributed by atoms with Gasteiger partial charge < -0.3 is 9.84 Å². The number of rotatable bonds is 3. The van der Waals surface area contributed by atoms with Crippen LogP contribution in [0.25, 0.3) is 0 Å². The first-order valence-electron chi connectivity index (χ1n) is 6.96. The molecule has 2 unspecified atom stereocenters. The van der Waals surface area contributed by atoms with Crippen LogP contribution in [0, 0.1) is 5.92 Å². The lowest BCUT2D eigenvalue weighted by Crippen LogP contribution is -2.47. The van der Waals surface area contributed by atoms with Crippen LogP contribution < -0.4 is 5.32 Å². The van der Waals surface area contributed by atoms with Gasteiger partial charge in [0, 0.05) is 24.3 Å². The molecule has 2 aliphatic rings. The summed E-state index contributed by atoms with van der Waals surface area (Å²) in [6.07, 6.45) is 7.39.